The van der Waals surface area contributed by atoms with Crippen LogP contribution < -0.4 is 10.9 Å². The molecular weight excluding hydrogens is 386 g/mol. The van der Waals surface area contributed by atoms with E-state index in [0.29, 0.717) is 21.6 Å². The van der Waals surface area contributed by atoms with Gasteiger partial charge in [0.15, 0.2) is 5.16 Å². The molecule has 1 aromatic heterocycles. The Labute approximate surface area is 170 Å². The second kappa shape index (κ2) is 7.89. The first-order chi connectivity index (χ1) is 14.0. The van der Waals surface area contributed by atoms with E-state index < -0.39 is 11.8 Å². The van der Waals surface area contributed by atoms with Gasteiger partial charge in [-0.25, -0.2) is 4.98 Å². The Hall–Kier alpha value is -3.45. The summed E-state index contributed by atoms with van der Waals surface area (Å²) in [6.07, 6.45) is 0. The van der Waals surface area contributed by atoms with Crippen molar-refractivity contribution in [1.29, 1.82) is 0 Å². The Bertz CT molecular complexity index is 1300. The highest BCUT2D eigenvalue weighted by Gasteiger charge is 2.14. The minimum absolute atomic E-state index is 0.0298. The van der Waals surface area contributed by atoms with Crippen LogP contribution in [0.4, 0.5) is 0 Å². The largest absolute Gasteiger partial charge is 0.292 e. The normalized spacial score (nSPS) is 10.9. The van der Waals surface area contributed by atoms with Gasteiger partial charge in [-0.1, -0.05) is 54.2 Å². The number of aromatic nitrogens is 2. The van der Waals surface area contributed by atoms with Crippen molar-refractivity contribution in [2.24, 2.45) is 7.05 Å². The molecule has 1 heterocycles. The van der Waals surface area contributed by atoms with Crippen molar-refractivity contribution in [1.82, 2.24) is 14.9 Å². The van der Waals surface area contributed by atoms with Gasteiger partial charge in [0.25, 0.3) is 11.5 Å². The molecule has 4 aromatic rings. The number of thioether (sulfide) groups is 1. The van der Waals surface area contributed by atoms with Crippen LogP contribution in [0.2, 0.25) is 0 Å². The first-order valence-electron chi connectivity index (χ1n) is 8.94. The Kier molecular flexibility index (Phi) is 5.14. The molecule has 29 heavy (non-hydrogen) atoms. The fourth-order valence-electron chi connectivity index (χ4n) is 3.02. The van der Waals surface area contributed by atoms with Gasteiger partial charge in [0.05, 0.1) is 16.7 Å². The average molecular weight is 403 g/mol. The molecule has 0 saturated carbocycles. The molecule has 4 rings (SSSR count). The molecule has 0 unspecified atom stereocenters. The van der Waals surface area contributed by atoms with Gasteiger partial charge in [-0.15, -0.1) is 0 Å². The molecular formula is C22H17N3O3S. The highest BCUT2D eigenvalue weighted by molar-refractivity contribution is 7.99. The Morgan fingerprint density at radius 1 is 1.00 bits per heavy atom. The number of benzene rings is 3. The number of nitrogens with one attached hydrogen (secondary N) is 1. The fraction of sp³-hybridized carbons (Fsp3) is 0.0909. The predicted octanol–water partition coefficient (Wildman–Crippen LogP) is 3.14. The molecule has 0 aliphatic heterocycles. The number of imide groups is 1. The van der Waals surface area contributed by atoms with Crippen molar-refractivity contribution in [2.45, 2.75) is 5.16 Å². The first kappa shape index (κ1) is 18.9. The number of nitrogens with zero attached hydrogens (tertiary/aromatic N) is 2. The molecule has 3 aromatic carbocycles. The zero-order valence-corrected chi connectivity index (χ0v) is 16.4. The standard InChI is InChI=1S/C22H17N3O3S/c1-25-21(28)17-11-15-9-5-6-10-16(15)12-18(17)23-22(25)29-13-19(26)24-20(27)14-7-3-2-4-8-14/h2-12H,13H2,1H3,(H,24,26,27). The van der Waals surface area contributed by atoms with Gasteiger partial charge < -0.3 is 0 Å². The van der Waals surface area contributed by atoms with E-state index in [0.717, 1.165) is 22.5 Å². The van der Waals surface area contributed by atoms with E-state index in [1.54, 1.807) is 37.4 Å². The predicted molar refractivity (Wildman–Crippen MR) is 114 cm³/mol. The summed E-state index contributed by atoms with van der Waals surface area (Å²) in [4.78, 5) is 41.6. The Morgan fingerprint density at radius 2 is 1.66 bits per heavy atom. The van der Waals surface area contributed by atoms with E-state index in [9.17, 15) is 14.4 Å². The summed E-state index contributed by atoms with van der Waals surface area (Å²) in [6.45, 7) is 0. The smallest absolute Gasteiger partial charge is 0.261 e. The van der Waals surface area contributed by atoms with Crippen LogP contribution in [-0.2, 0) is 11.8 Å². The highest BCUT2D eigenvalue weighted by Crippen LogP contribution is 2.22. The van der Waals surface area contributed by atoms with Gasteiger partial charge in [-0.3, -0.25) is 24.3 Å². The van der Waals surface area contributed by atoms with E-state index in [1.165, 1.54) is 4.57 Å². The van der Waals surface area contributed by atoms with Gasteiger partial charge in [-0.05, 0) is 35.0 Å². The number of carbonyl (C=O) groups excluding carboxylic acids is 2. The van der Waals surface area contributed by atoms with Gasteiger partial charge in [0.1, 0.15) is 0 Å². The topological polar surface area (TPSA) is 81.1 Å². The van der Waals surface area contributed by atoms with Crippen LogP contribution in [0, 0.1) is 0 Å². The number of rotatable bonds is 4. The summed E-state index contributed by atoms with van der Waals surface area (Å²) < 4.78 is 1.42. The van der Waals surface area contributed by atoms with E-state index in [4.69, 9.17) is 0 Å². The van der Waals surface area contributed by atoms with Crippen molar-refractivity contribution in [3.8, 4) is 0 Å². The molecule has 6 nitrogen and oxygen atoms in total. The molecule has 0 aliphatic rings. The molecule has 0 radical (unpaired) electrons. The minimum atomic E-state index is -0.456. The summed E-state index contributed by atoms with van der Waals surface area (Å²) in [5.41, 5.74) is 0.813. The van der Waals surface area contributed by atoms with Crippen LogP contribution in [0.15, 0.2) is 76.7 Å². The molecule has 0 spiro atoms. The summed E-state index contributed by atoms with van der Waals surface area (Å²) in [6, 6.07) is 20.0. The molecule has 0 aliphatic carbocycles. The third-order valence-electron chi connectivity index (χ3n) is 4.52. The average Bonchev–Trinajstić information content (AvgIpc) is 2.75. The SMILES string of the molecule is Cn1c(SCC(=O)NC(=O)c2ccccc2)nc2cc3ccccc3cc2c1=O. The second-order valence-electron chi connectivity index (χ2n) is 6.51. The van der Waals surface area contributed by atoms with Crippen molar-refractivity contribution < 1.29 is 9.59 Å². The monoisotopic (exact) mass is 403 g/mol. The molecule has 2 amide bonds. The van der Waals surface area contributed by atoms with Gasteiger partial charge in [0, 0.05) is 12.6 Å². The molecule has 0 bridgehead atoms. The zero-order valence-electron chi connectivity index (χ0n) is 15.6. The minimum Gasteiger partial charge on any atom is -0.292 e. The molecule has 144 valence electrons. The number of fused-ring (bicyclic) bond motifs is 2. The van der Waals surface area contributed by atoms with E-state index in [-0.39, 0.29) is 11.3 Å². The molecule has 7 heteroatoms. The lowest BCUT2D eigenvalue weighted by Gasteiger charge is -2.10. The maximum Gasteiger partial charge on any atom is 0.261 e. The van der Waals surface area contributed by atoms with Crippen molar-refractivity contribution in [2.75, 3.05) is 5.75 Å². The van der Waals surface area contributed by atoms with E-state index in [2.05, 4.69) is 10.3 Å². The van der Waals surface area contributed by atoms with Gasteiger partial charge in [-0.2, -0.15) is 0 Å². The summed E-state index contributed by atoms with van der Waals surface area (Å²) in [5, 5.41) is 5.25. The summed E-state index contributed by atoms with van der Waals surface area (Å²) in [7, 11) is 1.62. The lowest BCUT2D eigenvalue weighted by atomic mass is 10.1. The summed E-state index contributed by atoms with van der Waals surface area (Å²) >= 11 is 1.11. The van der Waals surface area contributed by atoms with Gasteiger partial charge in [0.2, 0.25) is 5.91 Å². The van der Waals surface area contributed by atoms with Crippen LogP contribution in [0.1, 0.15) is 10.4 Å². The lowest BCUT2D eigenvalue weighted by molar-refractivity contribution is -0.117. The zero-order chi connectivity index (χ0) is 20.4. The quantitative estimate of drug-likeness (QED) is 0.322. The third-order valence-corrected chi connectivity index (χ3v) is 5.55. The first-order valence-corrected chi connectivity index (χ1v) is 9.93. The summed E-state index contributed by atoms with van der Waals surface area (Å²) in [5.74, 6) is -0.933. The fourth-order valence-corrected chi connectivity index (χ4v) is 3.79. The van der Waals surface area contributed by atoms with E-state index in [1.807, 2.05) is 36.4 Å². The maximum atomic E-state index is 12.8. The van der Waals surface area contributed by atoms with Crippen LogP contribution >= 0.6 is 11.8 Å². The van der Waals surface area contributed by atoms with Crippen LogP contribution in [0.25, 0.3) is 21.7 Å². The van der Waals surface area contributed by atoms with Crippen molar-refractivity contribution in [3.63, 3.8) is 0 Å². The van der Waals surface area contributed by atoms with Crippen LogP contribution in [-0.4, -0.2) is 27.1 Å². The van der Waals surface area contributed by atoms with Crippen LogP contribution in [0.3, 0.4) is 0 Å². The maximum absolute atomic E-state index is 12.8. The van der Waals surface area contributed by atoms with Crippen molar-refractivity contribution >= 4 is 45.3 Å². The van der Waals surface area contributed by atoms with Crippen LogP contribution in [0.5, 0.6) is 0 Å². The Balaban J connectivity index is 1.55. The molecule has 0 fully saturated rings. The number of amides is 2. The Morgan fingerprint density at radius 3 is 2.38 bits per heavy atom. The number of carbonyl (C=O) groups is 2. The lowest BCUT2D eigenvalue weighted by Crippen LogP contribution is -2.32. The van der Waals surface area contributed by atoms with Crippen molar-refractivity contribution in [3.05, 3.63) is 82.6 Å². The van der Waals surface area contributed by atoms with E-state index >= 15 is 0 Å². The highest BCUT2D eigenvalue weighted by atomic mass is 32.2. The number of hydrogen-bond donors (Lipinski definition) is 1. The molecule has 0 saturated heterocycles. The second-order valence-corrected chi connectivity index (χ2v) is 7.45. The molecule has 1 N–H and O–H groups in total. The molecule has 0 atom stereocenters. The number of hydrogen-bond acceptors (Lipinski definition) is 5. The van der Waals surface area contributed by atoms with Gasteiger partial charge >= 0.3 is 0 Å². The third kappa shape index (κ3) is 3.90.